The van der Waals surface area contributed by atoms with Crippen molar-refractivity contribution in [3.8, 4) is 0 Å². The molecule has 12 heteroatoms. The maximum absolute atomic E-state index is 14.3. The van der Waals surface area contributed by atoms with Crippen molar-refractivity contribution in [1.82, 2.24) is 20.9 Å². The SMILES string of the molecule is C/C=C1\NC(=O)c2nc(ccc2F)CNC(=O)C[C@@H](/C=C/CCSC(C)=O)OC(=O)[C@H](C(C)C)NC1=O. The van der Waals surface area contributed by atoms with Gasteiger partial charge in [0.05, 0.1) is 18.7 Å². The quantitative estimate of drug-likeness (QED) is 0.226. The van der Waals surface area contributed by atoms with Crippen LogP contribution in [0, 0.1) is 11.7 Å². The number of hydrogen-bond donors (Lipinski definition) is 3. The lowest BCUT2D eigenvalue weighted by molar-refractivity contribution is -0.153. The van der Waals surface area contributed by atoms with Crippen molar-refractivity contribution in [3.05, 3.63) is 53.3 Å². The Morgan fingerprint density at radius 3 is 2.62 bits per heavy atom. The minimum atomic E-state index is -1.10. The van der Waals surface area contributed by atoms with E-state index in [1.807, 2.05) is 0 Å². The average molecular weight is 535 g/mol. The molecular weight excluding hydrogens is 503 g/mol. The lowest BCUT2D eigenvalue weighted by atomic mass is 10.0. The van der Waals surface area contributed by atoms with Gasteiger partial charge in [-0.15, -0.1) is 0 Å². The van der Waals surface area contributed by atoms with Gasteiger partial charge in [-0.2, -0.15) is 0 Å². The third kappa shape index (κ3) is 9.45. The smallest absolute Gasteiger partial charge is 0.329 e. The van der Waals surface area contributed by atoms with Crippen molar-refractivity contribution in [3.63, 3.8) is 0 Å². The molecule has 3 N–H and O–H groups in total. The highest BCUT2D eigenvalue weighted by Gasteiger charge is 2.30. The predicted molar refractivity (Wildman–Crippen MR) is 135 cm³/mol. The number of ether oxygens (including phenoxy) is 1. The summed E-state index contributed by atoms with van der Waals surface area (Å²) in [7, 11) is 0. The number of thioether (sulfide) groups is 1. The fourth-order valence-corrected chi connectivity index (χ4v) is 3.77. The Bertz CT molecular complexity index is 1100. The minimum Gasteiger partial charge on any atom is -0.456 e. The van der Waals surface area contributed by atoms with Crippen molar-refractivity contribution in [2.75, 3.05) is 5.75 Å². The van der Waals surface area contributed by atoms with E-state index in [1.165, 1.54) is 26.0 Å². The summed E-state index contributed by atoms with van der Waals surface area (Å²) in [6, 6.07) is 1.26. The molecule has 1 aromatic rings. The van der Waals surface area contributed by atoms with Gasteiger partial charge in [-0.25, -0.2) is 14.2 Å². The number of rotatable bonds is 5. The summed E-state index contributed by atoms with van der Waals surface area (Å²) in [5.74, 6) is -3.76. The Morgan fingerprint density at radius 2 is 1.97 bits per heavy atom. The number of halogens is 1. The Hall–Kier alpha value is -3.54. The van der Waals surface area contributed by atoms with Crippen LogP contribution in [-0.4, -0.2) is 51.7 Å². The molecule has 0 radical (unpaired) electrons. The van der Waals surface area contributed by atoms with Crippen LogP contribution in [0.4, 0.5) is 4.39 Å². The van der Waals surface area contributed by atoms with Crippen LogP contribution in [0.15, 0.2) is 36.1 Å². The molecule has 2 rings (SSSR count). The average Bonchev–Trinajstić information content (AvgIpc) is 2.83. The van der Waals surface area contributed by atoms with E-state index < -0.39 is 53.3 Å². The summed E-state index contributed by atoms with van der Waals surface area (Å²) < 4.78 is 19.9. The summed E-state index contributed by atoms with van der Waals surface area (Å²) in [4.78, 5) is 66.2. The number of fused-ring (bicyclic) bond motifs is 2. The van der Waals surface area contributed by atoms with Gasteiger partial charge >= 0.3 is 5.97 Å². The molecule has 1 aliphatic rings. The van der Waals surface area contributed by atoms with Crippen molar-refractivity contribution < 1.29 is 33.1 Å². The second-order valence-corrected chi connectivity index (χ2v) is 9.77. The number of esters is 1. The van der Waals surface area contributed by atoms with E-state index in [0.717, 1.165) is 17.8 Å². The molecule has 1 aromatic heterocycles. The highest BCUT2D eigenvalue weighted by molar-refractivity contribution is 8.13. The summed E-state index contributed by atoms with van der Waals surface area (Å²) in [5, 5.41) is 7.45. The van der Waals surface area contributed by atoms with Gasteiger partial charge in [-0.3, -0.25) is 19.2 Å². The first-order chi connectivity index (χ1) is 17.5. The molecule has 2 heterocycles. The number of nitrogens with one attached hydrogen (secondary N) is 3. The number of pyridine rings is 1. The van der Waals surface area contributed by atoms with Crippen LogP contribution in [0.5, 0.6) is 0 Å². The van der Waals surface area contributed by atoms with Crippen LogP contribution < -0.4 is 16.0 Å². The summed E-state index contributed by atoms with van der Waals surface area (Å²) in [5.41, 5.74) is -0.534. The van der Waals surface area contributed by atoms with E-state index in [2.05, 4.69) is 20.9 Å². The summed E-state index contributed by atoms with van der Waals surface area (Å²) in [6.45, 7) is 6.24. The van der Waals surface area contributed by atoms with Gasteiger partial charge in [0.25, 0.3) is 11.8 Å². The third-order valence-corrected chi connectivity index (χ3v) is 6.02. The fraction of sp³-hybridized carbons (Fsp3) is 0.440. The highest BCUT2D eigenvalue weighted by atomic mass is 32.2. The Balaban J connectivity index is 2.37. The van der Waals surface area contributed by atoms with Crippen LogP contribution >= 0.6 is 11.8 Å². The first-order valence-electron chi connectivity index (χ1n) is 11.7. The molecule has 0 fully saturated rings. The number of carbonyl (C=O) groups is 5. The predicted octanol–water partition coefficient (Wildman–Crippen LogP) is 2.15. The van der Waals surface area contributed by atoms with Crippen LogP contribution in [0.1, 0.15) is 56.7 Å². The number of hydrogen-bond acceptors (Lipinski definition) is 8. The highest BCUT2D eigenvalue weighted by Crippen LogP contribution is 2.13. The normalized spacial score (nSPS) is 21.0. The van der Waals surface area contributed by atoms with Crippen molar-refractivity contribution in [2.45, 2.75) is 59.2 Å². The van der Waals surface area contributed by atoms with Gasteiger partial charge in [0.1, 0.15) is 17.8 Å². The molecule has 200 valence electrons. The Labute approximate surface area is 218 Å². The van der Waals surface area contributed by atoms with Crippen molar-refractivity contribution >= 4 is 40.6 Å². The second kappa shape index (κ2) is 14.3. The van der Waals surface area contributed by atoms with Crippen molar-refractivity contribution in [2.24, 2.45) is 5.92 Å². The summed E-state index contributed by atoms with van der Waals surface area (Å²) >= 11 is 1.15. The number of amides is 3. The molecule has 3 amide bonds. The van der Waals surface area contributed by atoms with Crippen LogP contribution in [-0.2, 0) is 30.5 Å². The van der Waals surface area contributed by atoms with E-state index >= 15 is 0 Å². The fourth-order valence-electron chi connectivity index (χ4n) is 3.23. The molecule has 0 saturated heterocycles. The van der Waals surface area contributed by atoms with Gasteiger partial charge in [-0.1, -0.05) is 37.8 Å². The van der Waals surface area contributed by atoms with Crippen LogP contribution in [0.2, 0.25) is 0 Å². The van der Waals surface area contributed by atoms with E-state index in [-0.39, 0.29) is 29.5 Å². The Morgan fingerprint density at radius 1 is 1.24 bits per heavy atom. The molecule has 0 aliphatic carbocycles. The number of nitrogens with zero attached hydrogens (tertiary/aromatic N) is 1. The molecule has 2 atom stereocenters. The van der Waals surface area contributed by atoms with Crippen molar-refractivity contribution in [1.29, 1.82) is 0 Å². The van der Waals surface area contributed by atoms with Crippen LogP contribution in [0.3, 0.4) is 0 Å². The maximum Gasteiger partial charge on any atom is 0.329 e. The first-order valence-corrected chi connectivity index (χ1v) is 12.7. The molecule has 0 saturated carbocycles. The van der Waals surface area contributed by atoms with Gasteiger partial charge in [0.15, 0.2) is 16.6 Å². The van der Waals surface area contributed by atoms with Gasteiger partial charge in [0, 0.05) is 12.7 Å². The molecule has 0 unspecified atom stereocenters. The topological polar surface area (TPSA) is 144 Å². The first kappa shape index (κ1) is 29.7. The minimum absolute atomic E-state index is 0.0197. The van der Waals surface area contributed by atoms with Gasteiger partial charge in [0.2, 0.25) is 5.91 Å². The zero-order chi connectivity index (χ0) is 27.5. The zero-order valence-corrected chi connectivity index (χ0v) is 21.9. The van der Waals surface area contributed by atoms with Gasteiger partial charge in [-0.05, 0) is 37.5 Å². The molecular formula is C25H31FN4O6S. The maximum atomic E-state index is 14.3. The van der Waals surface area contributed by atoms with Gasteiger partial charge < -0.3 is 20.7 Å². The standard InChI is InChI=1S/C25H31FN4O6S/c1-5-19-23(33)30-21(14(2)3)25(35)36-17(8-6-7-11-37-15(4)31)12-20(32)27-13-16-9-10-18(26)22(28-16)24(34)29-19/h5-6,8-10,14,17,21H,7,11-13H2,1-4H3,(H,27,32)(H,29,34)(H,30,33)/b8-6+,19-5-/t17-,21+/m1/s1. The third-order valence-electron chi connectivity index (χ3n) is 5.17. The molecule has 0 spiro atoms. The number of aromatic nitrogens is 1. The van der Waals surface area contributed by atoms with Crippen LogP contribution in [0.25, 0.3) is 0 Å². The number of allylic oxidation sites excluding steroid dienone is 2. The van der Waals surface area contributed by atoms with E-state index in [1.54, 1.807) is 26.0 Å². The van der Waals surface area contributed by atoms with E-state index in [0.29, 0.717) is 12.2 Å². The lowest BCUT2D eigenvalue weighted by Crippen LogP contribution is -2.48. The molecule has 37 heavy (non-hydrogen) atoms. The second-order valence-electron chi connectivity index (χ2n) is 8.50. The molecule has 1 aliphatic heterocycles. The molecule has 2 bridgehead atoms. The lowest BCUT2D eigenvalue weighted by Gasteiger charge is -2.24. The van der Waals surface area contributed by atoms with E-state index in [9.17, 15) is 28.4 Å². The Kier molecular flexibility index (Phi) is 11.4. The largest absolute Gasteiger partial charge is 0.456 e. The molecule has 0 aromatic carbocycles. The summed E-state index contributed by atoms with van der Waals surface area (Å²) in [6.07, 6.45) is 3.92. The van der Waals surface area contributed by atoms with E-state index in [4.69, 9.17) is 4.74 Å². The number of carbonyl (C=O) groups excluding carboxylic acids is 5. The monoisotopic (exact) mass is 534 g/mol. The number of cyclic esters (lactones) is 1. The molecule has 10 nitrogen and oxygen atoms in total. The zero-order valence-electron chi connectivity index (χ0n) is 21.1.